The fourth-order valence-electron chi connectivity index (χ4n) is 2.23. The zero-order valence-electron chi connectivity index (χ0n) is 10.4. The molecular weight excluding hydrogens is 216 g/mol. The molecular formula is C12H20N4O. The van der Waals surface area contributed by atoms with Gasteiger partial charge in [-0.05, 0) is 33.1 Å². The van der Waals surface area contributed by atoms with E-state index in [1.54, 1.807) is 6.33 Å². The van der Waals surface area contributed by atoms with Crippen LogP contribution in [0.15, 0.2) is 6.33 Å². The average molecular weight is 236 g/mol. The lowest BCUT2D eigenvalue weighted by Gasteiger charge is -2.24. The highest BCUT2D eigenvalue weighted by Crippen LogP contribution is 2.30. The van der Waals surface area contributed by atoms with Crippen LogP contribution in [0.1, 0.15) is 51.3 Å². The van der Waals surface area contributed by atoms with Gasteiger partial charge in [0.25, 0.3) is 0 Å². The predicted molar refractivity (Wildman–Crippen MR) is 65.8 cm³/mol. The number of rotatable bonds is 3. The molecule has 0 spiro atoms. The first kappa shape index (κ1) is 12.2. The van der Waals surface area contributed by atoms with Gasteiger partial charge < -0.3 is 10.4 Å². The van der Waals surface area contributed by atoms with Crippen LogP contribution in [0.4, 0.5) is 5.95 Å². The Balaban J connectivity index is 2.09. The van der Waals surface area contributed by atoms with Crippen molar-refractivity contribution in [2.24, 2.45) is 0 Å². The number of nitrogens with one attached hydrogen (secondary N) is 1. The Labute approximate surface area is 102 Å². The van der Waals surface area contributed by atoms with Gasteiger partial charge in [-0.3, -0.25) is 0 Å². The molecule has 17 heavy (non-hydrogen) atoms. The summed E-state index contributed by atoms with van der Waals surface area (Å²) in [7, 11) is 0. The van der Waals surface area contributed by atoms with E-state index < -0.39 is 0 Å². The number of aromatic nitrogens is 3. The first-order valence-corrected chi connectivity index (χ1v) is 6.28. The largest absolute Gasteiger partial charge is 0.393 e. The van der Waals surface area contributed by atoms with E-state index in [-0.39, 0.29) is 12.0 Å². The lowest BCUT2D eigenvalue weighted by molar-refractivity contribution is 0.118. The molecule has 1 aromatic heterocycles. The molecule has 0 bridgehead atoms. The van der Waals surface area contributed by atoms with Gasteiger partial charge in [0.2, 0.25) is 5.95 Å². The second-order valence-electron chi connectivity index (χ2n) is 4.98. The minimum Gasteiger partial charge on any atom is -0.393 e. The van der Waals surface area contributed by atoms with E-state index in [0.29, 0.717) is 12.0 Å². The molecule has 0 saturated heterocycles. The third-order valence-electron chi connectivity index (χ3n) is 3.02. The normalized spacial score (nSPS) is 24.9. The molecule has 1 aromatic rings. The van der Waals surface area contributed by atoms with Gasteiger partial charge in [-0.25, -0.2) is 9.97 Å². The van der Waals surface area contributed by atoms with Crippen molar-refractivity contribution in [1.82, 2.24) is 15.0 Å². The number of hydrogen-bond acceptors (Lipinski definition) is 5. The minimum atomic E-state index is -0.202. The van der Waals surface area contributed by atoms with Gasteiger partial charge in [-0.2, -0.15) is 4.98 Å². The van der Waals surface area contributed by atoms with E-state index in [1.165, 1.54) is 0 Å². The molecule has 0 aliphatic heterocycles. The first-order chi connectivity index (χ1) is 8.15. The van der Waals surface area contributed by atoms with Gasteiger partial charge in [-0.15, -0.1) is 0 Å². The summed E-state index contributed by atoms with van der Waals surface area (Å²) in [5, 5.41) is 12.8. The Morgan fingerprint density at radius 2 is 2.18 bits per heavy atom. The molecule has 5 nitrogen and oxygen atoms in total. The van der Waals surface area contributed by atoms with Crippen molar-refractivity contribution in [3.05, 3.63) is 12.2 Å². The molecule has 2 rings (SSSR count). The topological polar surface area (TPSA) is 70.9 Å². The van der Waals surface area contributed by atoms with E-state index in [0.717, 1.165) is 31.5 Å². The lowest BCUT2D eigenvalue weighted by Crippen LogP contribution is -2.21. The molecule has 5 heteroatoms. The highest BCUT2D eigenvalue weighted by atomic mass is 16.3. The zero-order valence-corrected chi connectivity index (χ0v) is 10.4. The van der Waals surface area contributed by atoms with Crippen molar-refractivity contribution >= 4 is 5.95 Å². The number of aliphatic hydroxyl groups excluding tert-OH is 1. The molecule has 0 aromatic carbocycles. The maximum absolute atomic E-state index is 9.67. The molecule has 1 heterocycles. The van der Waals surface area contributed by atoms with Crippen LogP contribution in [0.2, 0.25) is 0 Å². The van der Waals surface area contributed by atoms with E-state index in [4.69, 9.17) is 0 Å². The van der Waals surface area contributed by atoms with E-state index in [2.05, 4.69) is 20.3 Å². The molecule has 0 amide bonds. The summed E-state index contributed by atoms with van der Waals surface area (Å²) >= 11 is 0. The van der Waals surface area contributed by atoms with Crippen molar-refractivity contribution in [2.75, 3.05) is 5.32 Å². The highest BCUT2D eigenvalue weighted by Gasteiger charge is 2.24. The zero-order chi connectivity index (χ0) is 12.3. The molecule has 94 valence electrons. The Morgan fingerprint density at radius 1 is 1.35 bits per heavy atom. The summed E-state index contributed by atoms with van der Waals surface area (Å²) in [5.74, 6) is 1.71. The molecule has 2 atom stereocenters. The molecule has 1 fully saturated rings. The van der Waals surface area contributed by atoms with E-state index in [1.807, 2.05) is 13.8 Å². The van der Waals surface area contributed by atoms with Crippen LogP contribution < -0.4 is 5.32 Å². The number of nitrogens with zero attached hydrogens (tertiary/aromatic N) is 3. The van der Waals surface area contributed by atoms with Crippen molar-refractivity contribution < 1.29 is 5.11 Å². The molecule has 1 saturated carbocycles. The Hall–Kier alpha value is -1.23. The van der Waals surface area contributed by atoms with Crippen LogP contribution in [0.25, 0.3) is 0 Å². The third kappa shape index (κ3) is 3.36. The molecule has 0 radical (unpaired) electrons. The average Bonchev–Trinajstić information content (AvgIpc) is 2.28. The van der Waals surface area contributed by atoms with Crippen LogP contribution in [0, 0.1) is 0 Å². The summed E-state index contributed by atoms with van der Waals surface area (Å²) in [6, 6.07) is 0.308. The first-order valence-electron chi connectivity index (χ1n) is 6.28. The quantitative estimate of drug-likeness (QED) is 0.836. The predicted octanol–water partition coefficient (Wildman–Crippen LogP) is 1.71. The van der Waals surface area contributed by atoms with Crippen LogP contribution in [0.3, 0.4) is 0 Å². The summed E-state index contributed by atoms with van der Waals surface area (Å²) in [4.78, 5) is 12.8. The lowest BCUT2D eigenvalue weighted by atomic mass is 9.87. The molecule has 2 N–H and O–H groups in total. The highest BCUT2D eigenvalue weighted by molar-refractivity contribution is 5.24. The van der Waals surface area contributed by atoms with Gasteiger partial charge in [0.15, 0.2) is 0 Å². The smallest absolute Gasteiger partial charge is 0.226 e. The summed E-state index contributed by atoms with van der Waals surface area (Å²) < 4.78 is 0. The third-order valence-corrected chi connectivity index (χ3v) is 3.02. The SMILES string of the molecule is CC(C)Nc1ncnc(C2CCCC(O)C2)n1. The van der Waals surface area contributed by atoms with Gasteiger partial charge in [0.05, 0.1) is 6.10 Å². The fraction of sp³-hybridized carbons (Fsp3) is 0.750. The van der Waals surface area contributed by atoms with E-state index in [9.17, 15) is 5.11 Å². The number of anilines is 1. The van der Waals surface area contributed by atoms with Gasteiger partial charge in [-0.1, -0.05) is 6.42 Å². The van der Waals surface area contributed by atoms with Crippen LogP contribution in [-0.2, 0) is 0 Å². The molecule has 2 unspecified atom stereocenters. The minimum absolute atomic E-state index is 0.202. The van der Waals surface area contributed by atoms with Crippen molar-refractivity contribution in [1.29, 1.82) is 0 Å². The van der Waals surface area contributed by atoms with Crippen LogP contribution in [-0.4, -0.2) is 32.2 Å². The van der Waals surface area contributed by atoms with Crippen LogP contribution >= 0.6 is 0 Å². The summed E-state index contributed by atoms with van der Waals surface area (Å²) in [5.41, 5.74) is 0. The Kier molecular flexibility index (Phi) is 3.89. The Bertz CT molecular complexity index is 369. The van der Waals surface area contributed by atoms with Gasteiger partial charge in [0, 0.05) is 12.0 Å². The van der Waals surface area contributed by atoms with Gasteiger partial charge >= 0.3 is 0 Å². The maximum Gasteiger partial charge on any atom is 0.226 e. The van der Waals surface area contributed by atoms with E-state index >= 15 is 0 Å². The van der Waals surface area contributed by atoms with Crippen molar-refractivity contribution in [3.8, 4) is 0 Å². The maximum atomic E-state index is 9.67. The monoisotopic (exact) mass is 236 g/mol. The van der Waals surface area contributed by atoms with Crippen LogP contribution in [0.5, 0.6) is 0 Å². The van der Waals surface area contributed by atoms with Crippen molar-refractivity contribution in [3.63, 3.8) is 0 Å². The Morgan fingerprint density at radius 3 is 2.88 bits per heavy atom. The second-order valence-corrected chi connectivity index (χ2v) is 4.98. The number of hydrogen-bond donors (Lipinski definition) is 2. The standard InChI is InChI=1S/C12H20N4O/c1-8(2)15-12-14-7-13-11(16-12)9-4-3-5-10(17)6-9/h7-10,17H,3-6H2,1-2H3,(H,13,14,15,16). The summed E-state index contributed by atoms with van der Waals surface area (Å²) in [6.07, 6.45) is 5.12. The van der Waals surface area contributed by atoms with Gasteiger partial charge in [0.1, 0.15) is 12.2 Å². The summed E-state index contributed by atoms with van der Waals surface area (Å²) in [6.45, 7) is 4.10. The van der Waals surface area contributed by atoms with Crippen molar-refractivity contribution in [2.45, 2.75) is 57.6 Å². The fourth-order valence-corrected chi connectivity index (χ4v) is 2.23. The molecule has 1 aliphatic carbocycles. The second kappa shape index (κ2) is 5.40. The number of aliphatic hydroxyl groups is 1. The molecule has 1 aliphatic rings.